The second-order valence-electron chi connectivity index (χ2n) is 25.8. The number of nitrogens with two attached hydrogens (primary N) is 1. The van der Waals surface area contributed by atoms with Crippen LogP contribution in [0.5, 0.6) is 0 Å². The summed E-state index contributed by atoms with van der Waals surface area (Å²) in [6.45, 7) is 1.57. The molecule has 1 atom stereocenters. The number of hydrogen-bond donors (Lipinski definition) is 4. The van der Waals surface area contributed by atoms with E-state index in [0.29, 0.717) is 68.1 Å². The molecule has 1 saturated heterocycles. The van der Waals surface area contributed by atoms with Gasteiger partial charge in [0.25, 0.3) is 5.56 Å². The Balaban J connectivity index is 0.000000113. The number of halogens is 1. The van der Waals surface area contributed by atoms with Crippen molar-refractivity contribution in [1.29, 1.82) is 10.5 Å². The number of H-pyrrole nitrogens is 1. The first-order valence-corrected chi connectivity index (χ1v) is 36.8. The summed E-state index contributed by atoms with van der Waals surface area (Å²) in [6.07, 6.45) is 7.25. The van der Waals surface area contributed by atoms with Crippen LogP contribution in [-0.4, -0.2) is 55.6 Å². The minimum atomic E-state index is -0.199. The summed E-state index contributed by atoms with van der Waals surface area (Å²) in [5.41, 5.74) is 21.4. The van der Waals surface area contributed by atoms with Crippen molar-refractivity contribution in [3.05, 3.63) is 349 Å². The quantitative estimate of drug-likeness (QED) is 0.0548. The van der Waals surface area contributed by atoms with Gasteiger partial charge in [-0.25, -0.2) is 24.9 Å². The molecule has 9 heterocycles. The lowest BCUT2D eigenvalue weighted by Crippen LogP contribution is -2.19. The summed E-state index contributed by atoms with van der Waals surface area (Å²) in [5.74, 6) is 4.52. The van der Waals surface area contributed by atoms with Crippen molar-refractivity contribution in [2.24, 2.45) is 0 Å². The van der Waals surface area contributed by atoms with E-state index in [4.69, 9.17) is 44.2 Å². The van der Waals surface area contributed by atoms with Gasteiger partial charge in [0.05, 0.1) is 23.2 Å². The minimum absolute atomic E-state index is 0.158. The maximum atomic E-state index is 12.3. The Labute approximate surface area is 658 Å². The smallest absolute Gasteiger partial charge is 0.262 e. The lowest BCUT2D eigenvalue weighted by molar-refractivity contribution is -0.105. The molecule has 0 aliphatic carbocycles. The molecule has 0 radical (unpaired) electrons. The van der Waals surface area contributed by atoms with E-state index in [1.54, 1.807) is 6.33 Å². The van der Waals surface area contributed by atoms with Crippen molar-refractivity contribution in [2.75, 3.05) is 29.5 Å². The molecule has 1 aliphatic heterocycles. The van der Waals surface area contributed by atoms with Crippen LogP contribution in [0, 0.1) is 22.7 Å². The van der Waals surface area contributed by atoms with E-state index in [0.717, 1.165) is 132 Å². The van der Waals surface area contributed by atoms with Gasteiger partial charge in [0.2, 0.25) is 35.3 Å². The first kappa shape index (κ1) is 74.2. The number of hydrogen-bond acceptors (Lipinski definition) is 17. The molecular formula is C94H68ClN11O8. The highest BCUT2D eigenvalue weighted by Gasteiger charge is 2.28. The highest BCUT2D eigenvalue weighted by molar-refractivity contribution is 6.35. The topological polar surface area (TPSA) is 287 Å². The van der Waals surface area contributed by atoms with Crippen LogP contribution in [0.3, 0.4) is 0 Å². The number of carbonyl (C=O) groups is 1. The number of anilines is 3. The van der Waals surface area contributed by atoms with Gasteiger partial charge in [-0.05, 0) is 40.7 Å². The molecule has 0 saturated carbocycles. The van der Waals surface area contributed by atoms with Gasteiger partial charge in [-0.1, -0.05) is 315 Å². The largest absolute Gasteiger partial charge is 0.439 e. The molecule has 0 unspecified atom stereocenters. The van der Waals surface area contributed by atoms with E-state index in [9.17, 15) is 20.1 Å². The van der Waals surface area contributed by atoms with Crippen LogP contribution in [0.15, 0.2) is 349 Å². The summed E-state index contributed by atoms with van der Waals surface area (Å²) in [7, 11) is 0. The number of nitrogen functional groups attached to an aromatic ring is 1. The van der Waals surface area contributed by atoms with Crippen LogP contribution in [0.2, 0.25) is 5.15 Å². The second kappa shape index (κ2) is 35.4. The predicted molar refractivity (Wildman–Crippen MR) is 446 cm³/mol. The number of fused-ring (bicyclic) bond motifs is 3. The number of furan rings is 5. The molecule has 1 fully saturated rings. The number of nitriles is 2. The Hall–Kier alpha value is -15.3. The van der Waals surface area contributed by atoms with Gasteiger partial charge in [0.15, 0.2) is 0 Å². The van der Waals surface area contributed by atoms with Crippen LogP contribution < -0.4 is 21.9 Å². The zero-order valence-corrected chi connectivity index (χ0v) is 61.7. The number of amides is 1. The number of aromatic nitrogens is 6. The molecule has 5 N–H and O–H groups in total. The molecule has 18 aromatic rings. The van der Waals surface area contributed by atoms with Gasteiger partial charge in [-0.2, -0.15) is 10.5 Å². The Kier molecular flexibility index (Phi) is 23.0. The van der Waals surface area contributed by atoms with E-state index in [1.807, 2.05) is 279 Å². The van der Waals surface area contributed by atoms with E-state index in [-0.39, 0.29) is 23.4 Å². The van der Waals surface area contributed by atoms with E-state index < -0.39 is 0 Å². The third-order valence-corrected chi connectivity index (χ3v) is 19.0. The lowest BCUT2D eigenvalue weighted by Gasteiger charge is -2.12. The normalized spacial score (nSPS) is 12.0. The molecule has 19 rings (SSSR count). The maximum Gasteiger partial charge on any atom is 0.262 e. The lowest BCUT2D eigenvalue weighted by atomic mass is 9.98. The number of benzene rings is 10. The number of carbonyl (C=O) groups excluding carboxylic acids is 1. The maximum absolute atomic E-state index is 12.3. The molecule has 114 heavy (non-hydrogen) atoms. The molecular weight excluding hydrogens is 1450 g/mol. The second-order valence-corrected chi connectivity index (χ2v) is 26.2. The molecule has 1 amide bonds. The zero-order valence-electron chi connectivity index (χ0n) is 60.9. The van der Waals surface area contributed by atoms with Crippen molar-refractivity contribution in [2.45, 2.75) is 18.9 Å². The van der Waals surface area contributed by atoms with E-state index >= 15 is 0 Å². The molecule has 0 bridgehead atoms. The summed E-state index contributed by atoms with van der Waals surface area (Å²) in [6, 6.07) is 102. The SMILES string of the molecule is Clc1ncnc2oc(-c3ccccc3)c(-c3ccccc3)c12.N#Cc1c(N)oc(-c2ccccc2)c1-c1ccccc1.N#Cc1c(NC=O)oc(-c2ccccc2)c1-c1ccccc1.O=c1[nH]cnc2oc(-c3ccccc3)c(-c3ccccc3)c12.c1ccc(-c2oc3ncnc(NC[C@@H]4CCCO4)c3c2-c2ccccc2)cc1. The van der Waals surface area contributed by atoms with Crippen molar-refractivity contribution >= 4 is 68.9 Å². The molecule has 10 aromatic carbocycles. The van der Waals surface area contributed by atoms with Crippen LogP contribution in [0.1, 0.15) is 24.0 Å². The highest BCUT2D eigenvalue weighted by Crippen LogP contribution is 2.47. The molecule has 1 aliphatic rings. The molecule has 20 heteroatoms. The van der Waals surface area contributed by atoms with Gasteiger partial charge in [0, 0.05) is 68.8 Å². The van der Waals surface area contributed by atoms with Gasteiger partial charge in [0.1, 0.15) is 81.1 Å². The van der Waals surface area contributed by atoms with Crippen LogP contribution in [0.25, 0.3) is 146 Å². The summed E-state index contributed by atoms with van der Waals surface area (Å²) < 4.78 is 35.2. The number of nitrogens with one attached hydrogen (secondary N) is 3. The first-order valence-electron chi connectivity index (χ1n) is 36.4. The average Bonchev–Trinajstić information content (AvgIpc) is 1.61. The summed E-state index contributed by atoms with van der Waals surface area (Å²) >= 11 is 6.30. The Morgan fingerprint density at radius 1 is 0.421 bits per heavy atom. The Morgan fingerprint density at radius 2 is 0.763 bits per heavy atom. The van der Waals surface area contributed by atoms with E-state index in [1.165, 1.54) is 12.7 Å². The van der Waals surface area contributed by atoms with Crippen molar-refractivity contribution in [3.8, 4) is 124 Å². The fourth-order valence-corrected chi connectivity index (χ4v) is 13.8. The van der Waals surface area contributed by atoms with Crippen LogP contribution >= 0.6 is 11.6 Å². The van der Waals surface area contributed by atoms with Crippen molar-refractivity contribution in [1.82, 2.24) is 29.9 Å². The van der Waals surface area contributed by atoms with Gasteiger partial charge >= 0.3 is 0 Å². The van der Waals surface area contributed by atoms with Gasteiger partial charge < -0.3 is 42.9 Å². The Bertz CT molecular complexity index is 6410. The molecule has 19 nitrogen and oxygen atoms in total. The van der Waals surface area contributed by atoms with Crippen LogP contribution in [-0.2, 0) is 9.53 Å². The fraction of sp³-hybridized carbons (Fsp3) is 0.0532. The first-order chi connectivity index (χ1) is 56.2. The molecule has 554 valence electrons. The number of nitrogens with zero attached hydrogens (tertiary/aromatic N) is 7. The summed E-state index contributed by atoms with van der Waals surface area (Å²) in [5, 5.41) is 27.3. The third-order valence-electron chi connectivity index (χ3n) is 18.7. The number of aromatic amines is 1. The fourth-order valence-electron chi connectivity index (χ4n) is 13.5. The van der Waals surface area contributed by atoms with E-state index in [2.05, 4.69) is 76.9 Å². The standard InChI is InChI=1S/C23H21N3O2.C18H11ClN2O.2C18H12N2O2.C17H12N2O/c1-3-8-16(9-4-1)19-20-22(24-14-18-12-7-13-27-18)25-15-26-23(20)28-21(19)17-10-5-2-6-11-17;19-17-15-14(12-7-3-1-4-8-12)16(13-9-5-2-6-10-13)22-18(15)21-11-20-17;21-17-15-14(12-7-3-1-4-8-12)16(13-9-5-2-6-10-13)22-18(15)20-11-19-17;19-11-15-16(13-7-3-1-4-8-13)17(22-18(15)20-12-21)14-9-5-2-6-10-14;18-11-14-15(12-7-3-1-4-8-12)16(20-17(14)19)13-9-5-2-6-10-13/h1-6,8-11,15,18H,7,12-14H2,(H,24,25,26);1-11H;1-11H,(H,19,20,21);1-10,12H,(H,20,21);1-10H,19H2/t18-;;;;/m0..../s1. The number of ether oxygens (including phenoxy) is 1. The zero-order chi connectivity index (χ0) is 78.0. The Morgan fingerprint density at radius 3 is 1.16 bits per heavy atom. The average molecular weight is 1520 g/mol. The number of rotatable bonds is 15. The predicted octanol–water partition coefficient (Wildman–Crippen LogP) is 22.3. The van der Waals surface area contributed by atoms with Crippen molar-refractivity contribution < 1.29 is 31.6 Å². The van der Waals surface area contributed by atoms with Gasteiger partial charge in [-0.15, -0.1) is 0 Å². The highest BCUT2D eigenvalue weighted by atomic mass is 35.5. The van der Waals surface area contributed by atoms with Gasteiger partial charge in [-0.3, -0.25) is 14.9 Å². The third kappa shape index (κ3) is 16.2. The molecule has 0 spiro atoms. The molecule has 8 aromatic heterocycles. The monoisotopic (exact) mass is 1510 g/mol. The van der Waals surface area contributed by atoms with Crippen molar-refractivity contribution in [3.63, 3.8) is 0 Å². The van der Waals surface area contributed by atoms with Crippen LogP contribution in [0.4, 0.5) is 17.6 Å². The summed E-state index contributed by atoms with van der Waals surface area (Å²) in [4.78, 5) is 47.0. The minimum Gasteiger partial charge on any atom is -0.439 e.